The molecule has 1 aliphatic heterocycles. The summed E-state index contributed by atoms with van der Waals surface area (Å²) in [5.41, 5.74) is 1.81. The van der Waals surface area contributed by atoms with Crippen molar-refractivity contribution in [1.82, 2.24) is 20.1 Å². The van der Waals surface area contributed by atoms with Gasteiger partial charge in [0.15, 0.2) is 12.4 Å². The zero-order valence-corrected chi connectivity index (χ0v) is 15.6. The van der Waals surface area contributed by atoms with Crippen LogP contribution in [0, 0.1) is 12.7 Å². The summed E-state index contributed by atoms with van der Waals surface area (Å²) in [6.45, 7) is 2.62. The number of carbonyl (C=O) groups is 1. The van der Waals surface area contributed by atoms with E-state index in [0.717, 1.165) is 24.0 Å². The Kier molecular flexibility index (Phi) is 5.06. The van der Waals surface area contributed by atoms with Gasteiger partial charge in [0.05, 0.1) is 6.04 Å². The average molecular weight is 380 g/mol. The van der Waals surface area contributed by atoms with Gasteiger partial charge in [-0.25, -0.2) is 9.37 Å². The summed E-state index contributed by atoms with van der Waals surface area (Å²) in [5, 5.41) is 7.17. The molecule has 1 saturated heterocycles. The maximum absolute atomic E-state index is 13.1. The predicted octanol–water partition coefficient (Wildman–Crippen LogP) is 3.66. The van der Waals surface area contributed by atoms with E-state index in [-0.39, 0.29) is 24.4 Å². The number of nitrogens with zero attached hydrogens (tertiary/aromatic N) is 3. The van der Waals surface area contributed by atoms with Crippen LogP contribution >= 0.6 is 0 Å². The minimum atomic E-state index is -0.305. The lowest BCUT2D eigenvalue weighted by Crippen LogP contribution is -2.34. The summed E-state index contributed by atoms with van der Waals surface area (Å²) >= 11 is 0. The van der Waals surface area contributed by atoms with Gasteiger partial charge in [0.2, 0.25) is 0 Å². The second-order valence-electron chi connectivity index (χ2n) is 6.90. The Morgan fingerprint density at radius 3 is 2.89 bits per heavy atom. The Hall–Kier alpha value is -3.22. The van der Waals surface area contributed by atoms with Crippen molar-refractivity contribution in [1.29, 1.82) is 0 Å². The molecule has 1 N–H and O–H groups in total. The molecular weight excluding hydrogens is 359 g/mol. The summed E-state index contributed by atoms with van der Waals surface area (Å²) in [6.07, 6.45) is 1.71. The van der Waals surface area contributed by atoms with E-state index in [1.807, 2.05) is 31.2 Å². The standard InChI is InChI=1S/C21H21FN4O2/c1-14-4-2-5-17(12-14)28-13-19(27)26-11-3-6-18(26)21-23-20(24-25-21)15-7-9-16(22)10-8-15/h2,4-5,7-10,12,18H,3,6,11,13H2,1H3,(H,23,24,25)/t18-/m0/s1. The van der Waals surface area contributed by atoms with Gasteiger partial charge >= 0.3 is 0 Å². The zero-order valence-electron chi connectivity index (χ0n) is 15.6. The normalized spacial score (nSPS) is 16.4. The molecule has 4 rings (SSSR count). The number of likely N-dealkylation sites (tertiary alicyclic amines) is 1. The molecule has 0 spiro atoms. The van der Waals surface area contributed by atoms with Crippen molar-refractivity contribution in [3.8, 4) is 17.1 Å². The topological polar surface area (TPSA) is 71.1 Å². The van der Waals surface area contributed by atoms with Gasteiger partial charge in [0.1, 0.15) is 17.4 Å². The first-order chi connectivity index (χ1) is 13.6. The number of halogens is 1. The van der Waals surface area contributed by atoms with Gasteiger partial charge in [0.25, 0.3) is 5.91 Å². The van der Waals surface area contributed by atoms with E-state index in [4.69, 9.17) is 4.74 Å². The van der Waals surface area contributed by atoms with E-state index < -0.39 is 0 Å². The molecule has 1 atom stereocenters. The lowest BCUT2D eigenvalue weighted by molar-refractivity contribution is -0.134. The smallest absolute Gasteiger partial charge is 0.261 e. The predicted molar refractivity (Wildman–Crippen MR) is 102 cm³/mol. The van der Waals surface area contributed by atoms with Gasteiger partial charge in [-0.2, -0.15) is 5.10 Å². The number of amides is 1. The van der Waals surface area contributed by atoms with E-state index in [0.29, 0.717) is 23.9 Å². The van der Waals surface area contributed by atoms with Crippen LogP contribution in [0.25, 0.3) is 11.4 Å². The third-order valence-corrected chi connectivity index (χ3v) is 4.85. The number of hydrogen-bond acceptors (Lipinski definition) is 4. The minimum absolute atomic E-state index is 0.0150. The highest BCUT2D eigenvalue weighted by Gasteiger charge is 2.32. The number of carbonyl (C=O) groups excluding carboxylic acids is 1. The largest absolute Gasteiger partial charge is 0.484 e. The maximum Gasteiger partial charge on any atom is 0.261 e. The molecule has 7 heteroatoms. The van der Waals surface area contributed by atoms with Gasteiger partial charge in [-0.1, -0.05) is 12.1 Å². The third kappa shape index (κ3) is 3.88. The molecule has 3 aromatic rings. The highest BCUT2D eigenvalue weighted by Crippen LogP contribution is 2.31. The quantitative estimate of drug-likeness (QED) is 0.733. The minimum Gasteiger partial charge on any atom is -0.484 e. The summed E-state index contributed by atoms with van der Waals surface area (Å²) < 4.78 is 18.8. The lowest BCUT2D eigenvalue weighted by Gasteiger charge is -2.23. The number of rotatable bonds is 5. The molecule has 0 aliphatic carbocycles. The first-order valence-electron chi connectivity index (χ1n) is 9.27. The SMILES string of the molecule is Cc1cccc(OCC(=O)N2CCC[C@H]2c2nc(-c3ccc(F)cc3)n[nH]2)c1. The van der Waals surface area contributed by atoms with Crippen molar-refractivity contribution in [3.05, 3.63) is 65.7 Å². The van der Waals surface area contributed by atoms with Crippen LogP contribution in [-0.4, -0.2) is 39.1 Å². The van der Waals surface area contributed by atoms with E-state index in [1.54, 1.807) is 17.0 Å². The summed E-state index contributed by atoms with van der Waals surface area (Å²) in [4.78, 5) is 19.0. The third-order valence-electron chi connectivity index (χ3n) is 4.85. The fourth-order valence-electron chi connectivity index (χ4n) is 3.43. The van der Waals surface area contributed by atoms with Crippen molar-refractivity contribution in [2.24, 2.45) is 0 Å². The molecule has 6 nitrogen and oxygen atoms in total. The van der Waals surface area contributed by atoms with Crippen LogP contribution in [0.2, 0.25) is 0 Å². The van der Waals surface area contributed by atoms with E-state index in [1.165, 1.54) is 12.1 Å². The molecule has 1 fully saturated rings. The molecule has 0 saturated carbocycles. The molecule has 144 valence electrons. The molecule has 2 heterocycles. The number of aromatic nitrogens is 3. The Balaban J connectivity index is 1.44. The fraction of sp³-hybridized carbons (Fsp3) is 0.286. The molecule has 28 heavy (non-hydrogen) atoms. The number of ether oxygens (including phenoxy) is 1. The summed E-state index contributed by atoms with van der Waals surface area (Å²) in [5.74, 6) is 1.43. The second kappa shape index (κ2) is 7.80. The molecular formula is C21H21FN4O2. The summed E-state index contributed by atoms with van der Waals surface area (Å²) in [7, 11) is 0. The zero-order chi connectivity index (χ0) is 19.5. The van der Waals surface area contributed by atoms with E-state index in [2.05, 4.69) is 15.2 Å². The lowest BCUT2D eigenvalue weighted by atomic mass is 10.2. The Morgan fingerprint density at radius 2 is 2.11 bits per heavy atom. The monoisotopic (exact) mass is 380 g/mol. The molecule has 0 radical (unpaired) electrons. The van der Waals surface area contributed by atoms with E-state index >= 15 is 0 Å². The number of aryl methyl sites for hydroxylation is 1. The van der Waals surface area contributed by atoms with Crippen molar-refractivity contribution >= 4 is 5.91 Å². The van der Waals surface area contributed by atoms with Gasteiger partial charge < -0.3 is 9.64 Å². The molecule has 0 bridgehead atoms. The fourth-order valence-corrected chi connectivity index (χ4v) is 3.43. The maximum atomic E-state index is 13.1. The van der Waals surface area contributed by atoms with Crippen LogP contribution in [0.3, 0.4) is 0 Å². The average Bonchev–Trinajstić information content (AvgIpc) is 3.36. The number of H-pyrrole nitrogens is 1. The van der Waals surface area contributed by atoms with Gasteiger partial charge in [-0.15, -0.1) is 0 Å². The molecule has 1 aliphatic rings. The number of benzene rings is 2. The number of nitrogens with one attached hydrogen (secondary N) is 1. The van der Waals surface area contributed by atoms with Crippen molar-refractivity contribution in [2.75, 3.05) is 13.2 Å². The molecule has 1 amide bonds. The second-order valence-corrected chi connectivity index (χ2v) is 6.90. The Labute approximate surface area is 162 Å². The van der Waals surface area contributed by atoms with Crippen molar-refractivity contribution < 1.29 is 13.9 Å². The number of aromatic amines is 1. The molecule has 0 unspecified atom stereocenters. The van der Waals surface area contributed by atoms with Crippen LogP contribution < -0.4 is 4.74 Å². The first kappa shape index (κ1) is 18.2. The highest BCUT2D eigenvalue weighted by molar-refractivity contribution is 5.78. The van der Waals surface area contributed by atoms with Crippen LogP contribution in [0.5, 0.6) is 5.75 Å². The van der Waals surface area contributed by atoms with Crippen LogP contribution in [-0.2, 0) is 4.79 Å². The van der Waals surface area contributed by atoms with Gasteiger partial charge in [-0.3, -0.25) is 9.89 Å². The molecule has 2 aromatic carbocycles. The van der Waals surface area contributed by atoms with Crippen molar-refractivity contribution in [2.45, 2.75) is 25.8 Å². The van der Waals surface area contributed by atoms with Crippen LogP contribution in [0.1, 0.15) is 30.3 Å². The Morgan fingerprint density at radius 1 is 1.29 bits per heavy atom. The first-order valence-corrected chi connectivity index (χ1v) is 9.27. The van der Waals surface area contributed by atoms with Crippen LogP contribution in [0.15, 0.2) is 48.5 Å². The highest BCUT2D eigenvalue weighted by atomic mass is 19.1. The molecule has 1 aromatic heterocycles. The van der Waals surface area contributed by atoms with Crippen LogP contribution in [0.4, 0.5) is 4.39 Å². The number of hydrogen-bond donors (Lipinski definition) is 1. The Bertz CT molecular complexity index is 971. The summed E-state index contributed by atoms with van der Waals surface area (Å²) in [6, 6.07) is 13.5. The van der Waals surface area contributed by atoms with Gasteiger partial charge in [-0.05, 0) is 61.7 Å². The van der Waals surface area contributed by atoms with E-state index in [9.17, 15) is 9.18 Å². The van der Waals surface area contributed by atoms with Crippen molar-refractivity contribution in [3.63, 3.8) is 0 Å². The van der Waals surface area contributed by atoms with Gasteiger partial charge in [0, 0.05) is 12.1 Å².